The molecule has 0 fully saturated rings. The minimum atomic E-state index is 0.856. The largest absolute Gasteiger partial charge is 0.399 e. The fraction of sp³-hybridized carbons (Fsp3) is 0.118. The first-order valence-electron chi connectivity index (χ1n) is 6.67. The predicted octanol–water partition coefficient (Wildman–Crippen LogP) is 4.62. The highest BCUT2D eigenvalue weighted by atomic mass is 32.1. The molecule has 20 heavy (non-hydrogen) atoms. The van der Waals surface area contributed by atoms with Gasteiger partial charge in [-0.05, 0) is 24.1 Å². The van der Waals surface area contributed by atoms with E-state index < -0.39 is 0 Å². The van der Waals surface area contributed by atoms with Crippen LogP contribution in [0.5, 0.6) is 0 Å². The molecule has 0 unspecified atom stereocenters. The second-order valence-corrected chi connectivity index (χ2v) is 5.53. The van der Waals surface area contributed by atoms with Crippen LogP contribution in [0.15, 0.2) is 53.9 Å². The molecule has 0 aliphatic rings. The lowest BCUT2D eigenvalue weighted by Crippen LogP contribution is -1.93. The van der Waals surface area contributed by atoms with E-state index in [2.05, 4.69) is 30.5 Å². The first-order chi connectivity index (χ1) is 9.78. The van der Waals surface area contributed by atoms with Crippen molar-refractivity contribution >= 4 is 17.0 Å². The van der Waals surface area contributed by atoms with Gasteiger partial charge in [0.2, 0.25) is 0 Å². The maximum atomic E-state index is 5.96. The lowest BCUT2D eigenvalue weighted by Gasteiger charge is -2.04. The number of nitrogens with zero attached hydrogens (tertiary/aromatic N) is 1. The number of aryl methyl sites for hydroxylation is 1. The molecule has 0 saturated carbocycles. The number of hydrogen-bond acceptors (Lipinski definition) is 3. The van der Waals surface area contributed by atoms with E-state index in [0.717, 1.165) is 33.9 Å². The second kappa shape index (κ2) is 5.47. The summed E-state index contributed by atoms with van der Waals surface area (Å²) in [4.78, 5) is 4.73. The van der Waals surface area contributed by atoms with E-state index in [1.807, 2.05) is 30.3 Å². The van der Waals surface area contributed by atoms with Crippen LogP contribution in [0.3, 0.4) is 0 Å². The zero-order chi connectivity index (χ0) is 13.9. The van der Waals surface area contributed by atoms with E-state index >= 15 is 0 Å². The zero-order valence-corrected chi connectivity index (χ0v) is 12.2. The van der Waals surface area contributed by atoms with Crippen LogP contribution in [0.25, 0.3) is 21.8 Å². The van der Waals surface area contributed by atoms with Crippen LogP contribution < -0.4 is 5.73 Å². The highest BCUT2D eigenvalue weighted by molar-refractivity contribution is 7.13. The summed E-state index contributed by atoms with van der Waals surface area (Å²) in [5.74, 6) is 0. The number of nitrogen functional groups attached to an aromatic ring is 1. The molecular weight excluding hydrogens is 264 g/mol. The molecule has 0 aliphatic carbocycles. The topological polar surface area (TPSA) is 38.9 Å². The van der Waals surface area contributed by atoms with Gasteiger partial charge in [0, 0.05) is 22.2 Å². The van der Waals surface area contributed by atoms with Crippen molar-refractivity contribution in [3.05, 3.63) is 59.5 Å². The molecule has 3 aromatic rings. The number of aromatic nitrogens is 1. The summed E-state index contributed by atoms with van der Waals surface area (Å²) in [6, 6.07) is 16.4. The number of hydrogen-bond donors (Lipinski definition) is 1. The van der Waals surface area contributed by atoms with Crippen molar-refractivity contribution < 1.29 is 0 Å². The van der Waals surface area contributed by atoms with Gasteiger partial charge in [0.15, 0.2) is 0 Å². The van der Waals surface area contributed by atoms with Crippen LogP contribution in [0.2, 0.25) is 0 Å². The summed E-state index contributed by atoms with van der Waals surface area (Å²) in [7, 11) is 0. The van der Waals surface area contributed by atoms with Crippen LogP contribution in [0.4, 0.5) is 5.69 Å². The van der Waals surface area contributed by atoms with Gasteiger partial charge in [0.05, 0.1) is 5.69 Å². The molecule has 3 rings (SSSR count). The SMILES string of the molecule is CCc1cc(-c2csc(-c3ccccc3)n2)ccc1N. The van der Waals surface area contributed by atoms with Crippen LogP contribution in [-0.4, -0.2) is 4.98 Å². The highest BCUT2D eigenvalue weighted by Crippen LogP contribution is 2.30. The van der Waals surface area contributed by atoms with E-state index in [1.165, 1.54) is 5.56 Å². The minimum Gasteiger partial charge on any atom is -0.399 e. The van der Waals surface area contributed by atoms with Crippen molar-refractivity contribution in [2.45, 2.75) is 13.3 Å². The molecule has 1 heterocycles. The van der Waals surface area contributed by atoms with Crippen LogP contribution >= 0.6 is 11.3 Å². The number of anilines is 1. The Balaban J connectivity index is 1.98. The molecule has 1 aromatic heterocycles. The molecule has 0 atom stereocenters. The van der Waals surface area contributed by atoms with Gasteiger partial charge in [-0.25, -0.2) is 4.98 Å². The quantitative estimate of drug-likeness (QED) is 0.711. The summed E-state index contributed by atoms with van der Waals surface area (Å²) in [5.41, 5.74) is 11.3. The molecule has 0 radical (unpaired) electrons. The lowest BCUT2D eigenvalue weighted by atomic mass is 10.1. The maximum absolute atomic E-state index is 5.96. The van der Waals surface area contributed by atoms with Crippen molar-refractivity contribution in [2.24, 2.45) is 0 Å². The minimum absolute atomic E-state index is 0.856. The van der Waals surface area contributed by atoms with Gasteiger partial charge >= 0.3 is 0 Å². The van der Waals surface area contributed by atoms with Crippen molar-refractivity contribution in [3.8, 4) is 21.8 Å². The Bertz CT molecular complexity index is 717. The van der Waals surface area contributed by atoms with Crippen LogP contribution in [0, 0.1) is 0 Å². The lowest BCUT2D eigenvalue weighted by molar-refractivity contribution is 1.14. The molecule has 100 valence electrons. The first kappa shape index (κ1) is 12.9. The van der Waals surface area contributed by atoms with E-state index in [0.29, 0.717) is 0 Å². The van der Waals surface area contributed by atoms with Crippen molar-refractivity contribution in [1.82, 2.24) is 4.98 Å². The zero-order valence-electron chi connectivity index (χ0n) is 11.3. The number of nitrogens with two attached hydrogens (primary N) is 1. The Morgan fingerprint density at radius 3 is 2.60 bits per heavy atom. The second-order valence-electron chi connectivity index (χ2n) is 4.67. The first-order valence-corrected chi connectivity index (χ1v) is 7.55. The maximum Gasteiger partial charge on any atom is 0.124 e. The fourth-order valence-corrected chi connectivity index (χ4v) is 3.03. The number of rotatable bonds is 3. The Morgan fingerprint density at radius 1 is 1.05 bits per heavy atom. The van der Waals surface area contributed by atoms with Gasteiger partial charge in [-0.2, -0.15) is 0 Å². The molecule has 0 amide bonds. The normalized spacial score (nSPS) is 10.7. The Morgan fingerprint density at radius 2 is 1.85 bits per heavy atom. The summed E-state index contributed by atoms with van der Waals surface area (Å²) >= 11 is 1.67. The van der Waals surface area contributed by atoms with Gasteiger partial charge in [-0.3, -0.25) is 0 Å². The Labute approximate surface area is 122 Å². The molecule has 2 N–H and O–H groups in total. The molecule has 2 nitrogen and oxygen atoms in total. The van der Waals surface area contributed by atoms with Gasteiger partial charge < -0.3 is 5.73 Å². The third-order valence-electron chi connectivity index (χ3n) is 3.34. The standard InChI is InChI=1S/C17H16N2S/c1-2-12-10-14(8-9-15(12)18)16-11-20-17(19-16)13-6-4-3-5-7-13/h3-11H,2,18H2,1H3. The monoisotopic (exact) mass is 280 g/mol. The van der Waals surface area contributed by atoms with E-state index in [-0.39, 0.29) is 0 Å². The summed E-state index contributed by atoms with van der Waals surface area (Å²) in [6.07, 6.45) is 0.940. The van der Waals surface area contributed by atoms with Crippen LogP contribution in [-0.2, 0) is 6.42 Å². The summed E-state index contributed by atoms with van der Waals surface area (Å²) in [5, 5.41) is 3.16. The number of thiazole rings is 1. The van der Waals surface area contributed by atoms with Crippen LogP contribution in [0.1, 0.15) is 12.5 Å². The van der Waals surface area contributed by atoms with Gasteiger partial charge in [-0.1, -0.05) is 43.3 Å². The average Bonchev–Trinajstić information content (AvgIpc) is 2.98. The molecule has 0 spiro atoms. The Kier molecular flexibility index (Phi) is 3.52. The Hall–Kier alpha value is -2.13. The fourth-order valence-electron chi connectivity index (χ4n) is 2.19. The molecule has 0 aliphatic heterocycles. The predicted molar refractivity (Wildman–Crippen MR) is 86.8 cm³/mol. The van der Waals surface area contributed by atoms with Crippen molar-refractivity contribution in [1.29, 1.82) is 0 Å². The van der Waals surface area contributed by atoms with E-state index in [1.54, 1.807) is 11.3 Å². The third-order valence-corrected chi connectivity index (χ3v) is 4.24. The summed E-state index contributed by atoms with van der Waals surface area (Å²) < 4.78 is 0. The molecular formula is C17H16N2S. The van der Waals surface area contributed by atoms with E-state index in [9.17, 15) is 0 Å². The molecule has 0 bridgehead atoms. The van der Waals surface area contributed by atoms with Gasteiger partial charge in [0.1, 0.15) is 5.01 Å². The summed E-state index contributed by atoms with van der Waals surface area (Å²) in [6.45, 7) is 2.12. The molecule has 0 saturated heterocycles. The highest BCUT2D eigenvalue weighted by Gasteiger charge is 2.07. The molecule has 2 aromatic carbocycles. The van der Waals surface area contributed by atoms with Crippen molar-refractivity contribution in [2.75, 3.05) is 5.73 Å². The smallest absolute Gasteiger partial charge is 0.124 e. The van der Waals surface area contributed by atoms with Gasteiger partial charge in [0.25, 0.3) is 0 Å². The van der Waals surface area contributed by atoms with E-state index in [4.69, 9.17) is 10.7 Å². The van der Waals surface area contributed by atoms with Crippen molar-refractivity contribution in [3.63, 3.8) is 0 Å². The third kappa shape index (κ3) is 2.45. The van der Waals surface area contributed by atoms with Gasteiger partial charge in [-0.15, -0.1) is 11.3 Å². The molecule has 3 heteroatoms. The average molecular weight is 280 g/mol. The number of benzene rings is 2.